The van der Waals surface area contributed by atoms with Gasteiger partial charge in [0, 0.05) is 5.41 Å². The van der Waals surface area contributed by atoms with Crippen molar-refractivity contribution in [3.05, 3.63) is 70.5 Å². The maximum atomic E-state index is 13.3. The Labute approximate surface area is 172 Å². The lowest BCUT2D eigenvalue weighted by molar-refractivity contribution is -0.0158. The molecular weight excluding hydrogens is 363 g/mol. The van der Waals surface area contributed by atoms with E-state index < -0.39 is 6.10 Å². The molecule has 5 atom stereocenters. The van der Waals surface area contributed by atoms with E-state index in [9.17, 15) is 9.50 Å². The van der Waals surface area contributed by atoms with Crippen LogP contribution in [0, 0.1) is 23.1 Å². The molecule has 0 saturated heterocycles. The zero-order valence-electron chi connectivity index (χ0n) is 17.2. The van der Waals surface area contributed by atoms with Crippen LogP contribution in [-0.2, 0) is 6.42 Å². The quantitative estimate of drug-likeness (QED) is 0.706. The molecular formula is C26H29FO2. The maximum Gasteiger partial charge on any atom is 0.123 e. The van der Waals surface area contributed by atoms with Crippen molar-refractivity contribution >= 4 is 6.08 Å². The second-order valence-electron chi connectivity index (χ2n) is 9.40. The van der Waals surface area contributed by atoms with E-state index in [0.717, 1.165) is 42.6 Å². The van der Waals surface area contributed by atoms with Crippen molar-refractivity contribution in [2.75, 3.05) is 7.11 Å². The van der Waals surface area contributed by atoms with Crippen molar-refractivity contribution in [3.63, 3.8) is 0 Å². The highest BCUT2D eigenvalue weighted by molar-refractivity contribution is 5.55. The summed E-state index contributed by atoms with van der Waals surface area (Å²) in [4.78, 5) is 0. The van der Waals surface area contributed by atoms with Gasteiger partial charge in [0.15, 0.2) is 0 Å². The molecule has 0 aliphatic heterocycles. The van der Waals surface area contributed by atoms with Crippen LogP contribution in [0.15, 0.2) is 48.0 Å². The van der Waals surface area contributed by atoms with Crippen molar-refractivity contribution < 1.29 is 14.2 Å². The van der Waals surface area contributed by atoms with Crippen molar-refractivity contribution in [3.8, 4) is 5.75 Å². The Morgan fingerprint density at radius 1 is 1.14 bits per heavy atom. The summed E-state index contributed by atoms with van der Waals surface area (Å²) in [7, 11) is 1.73. The van der Waals surface area contributed by atoms with Gasteiger partial charge in [-0.15, -0.1) is 0 Å². The maximum absolute atomic E-state index is 13.3. The summed E-state index contributed by atoms with van der Waals surface area (Å²) in [5, 5.41) is 11.3. The van der Waals surface area contributed by atoms with Gasteiger partial charge < -0.3 is 9.84 Å². The molecule has 5 rings (SSSR count). The Morgan fingerprint density at radius 3 is 2.69 bits per heavy atom. The molecule has 2 fully saturated rings. The van der Waals surface area contributed by atoms with Crippen LogP contribution in [0.5, 0.6) is 5.75 Å². The van der Waals surface area contributed by atoms with Crippen LogP contribution < -0.4 is 4.74 Å². The molecule has 3 aliphatic carbocycles. The third-order valence-corrected chi connectivity index (χ3v) is 8.02. The number of hydrogen-bond acceptors (Lipinski definition) is 2. The number of ether oxygens (including phenoxy) is 1. The highest BCUT2D eigenvalue weighted by Gasteiger charge is 2.56. The molecule has 152 valence electrons. The van der Waals surface area contributed by atoms with E-state index in [0.29, 0.717) is 17.8 Å². The summed E-state index contributed by atoms with van der Waals surface area (Å²) in [6.45, 7) is 2.29. The second kappa shape index (κ2) is 6.98. The number of rotatable bonds is 2. The molecule has 0 spiro atoms. The van der Waals surface area contributed by atoms with Crippen LogP contribution >= 0.6 is 0 Å². The molecule has 0 amide bonds. The van der Waals surface area contributed by atoms with Gasteiger partial charge in [0.05, 0.1) is 13.2 Å². The number of aryl methyl sites for hydroxylation is 1. The molecule has 2 aromatic rings. The first-order valence-electron chi connectivity index (χ1n) is 10.8. The van der Waals surface area contributed by atoms with Gasteiger partial charge in [0.1, 0.15) is 11.6 Å². The lowest BCUT2D eigenvalue weighted by atomic mass is 9.55. The Hall–Kier alpha value is -2.13. The molecule has 1 N–H and O–H groups in total. The van der Waals surface area contributed by atoms with Crippen molar-refractivity contribution in [2.45, 2.75) is 51.0 Å². The van der Waals surface area contributed by atoms with Gasteiger partial charge in [-0.3, -0.25) is 0 Å². The Balaban J connectivity index is 1.46. The molecule has 0 unspecified atom stereocenters. The van der Waals surface area contributed by atoms with Crippen LogP contribution in [0.4, 0.5) is 4.39 Å². The van der Waals surface area contributed by atoms with Gasteiger partial charge in [-0.2, -0.15) is 0 Å². The molecule has 0 aromatic heterocycles. The summed E-state index contributed by atoms with van der Waals surface area (Å²) in [6, 6.07) is 13.2. The van der Waals surface area contributed by atoms with Crippen LogP contribution in [0.3, 0.4) is 0 Å². The predicted molar refractivity (Wildman–Crippen MR) is 113 cm³/mol. The monoisotopic (exact) mass is 392 g/mol. The van der Waals surface area contributed by atoms with E-state index in [1.54, 1.807) is 19.2 Å². The minimum absolute atomic E-state index is 0.0585. The number of fused-ring (bicyclic) bond motifs is 5. The van der Waals surface area contributed by atoms with Gasteiger partial charge in [-0.1, -0.05) is 31.2 Å². The van der Waals surface area contributed by atoms with Gasteiger partial charge in [-0.05, 0) is 96.4 Å². The van der Waals surface area contributed by atoms with E-state index in [2.05, 4.69) is 31.2 Å². The average molecular weight is 393 g/mol. The predicted octanol–water partition coefficient (Wildman–Crippen LogP) is 5.74. The molecule has 0 bridgehead atoms. The first-order valence-corrected chi connectivity index (χ1v) is 10.8. The lowest BCUT2D eigenvalue weighted by Crippen LogP contribution is -2.44. The van der Waals surface area contributed by atoms with E-state index in [1.165, 1.54) is 29.7 Å². The highest BCUT2D eigenvalue weighted by atomic mass is 19.1. The van der Waals surface area contributed by atoms with Crippen molar-refractivity contribution in [2.24, 2.45) is 17.3 Å². The fraction of sp³-hybridized carbons (Fsp3) is 0.462. The Kier molecular flexibility index (Phi) is 4.54. The summed E-state index contributed by atoms with van der Waals surface area (Å²) in [5.74, 6) is 2.42. The number of aliphatic hydroxyl groups excluding tert-OH is 1. The molecule has 2 nitrogen and oxygen atoms in total. The number of methoxy groups -OCH3 is 1. The fourth-order valence-electron chi connectivity index (χ4n) is 6.46. The Bertz CT molecular complexity index is 948. The van der Waals surface area contributed by atoms with Crippen LogP contribution in [0.2, 0.25) is 0 Å². The summed E-state index contributed by atoms with van der Waals surface area (Å²) in [5.41, 5.74) is 4.96. The van der Waals surface area contributed by atoms with Gasteiger partial charge in [-0.25, -0.2) is 4.39 Å². The molecule has 29 heavy (non-hydrogen) atoms. The largest absolute Gasteiger partial charge is 0.497 e. The number of halogens is 1. The molecule has 0 radical (unpaired) electrons. The smallest absolute Gasteiger partial charge is 0.123 e. The van der Waals surface area contributed by atoms with E-state index >= 15 is 0 Å². The Morgan fingerprint density at radius 2 is 1.93 bits per heavy atom. The van der Waals surface area contributed by atoms with Crippen molar-refractivity contribution in [1.82, 2.24) is 0 Å². The average Bonchev–Trinajstić information content (AvgIpc) is 2.99. The zero-order valence-corrected chi connectivity index (χ0v) is 17.2. The lowest BCUT2D eigenvalue weighted by Gasteiger charge is -2.49. The second-order valence-corrected chi connectivity index (χ2v) is 9.40. The van der Waals surface area contributed by atoms with E-state index in [4.69, 9.17) is 4.74 Å². The minimum atomic E-state index is -0.407. The molecule has 2 saturated carbocycles. The van der Waals surface area contributed by atoms with Crippen molar-refractivity contribution in [1.29, 1.82) is 0 Å². The third-order valence-electron chi connectivity index (χ3n) is 8.02. The molecule has 0 heterocycles. The van der Waals surface area contributed by atoms with E-state index in [-0.39, 0.29) is 11.2 Å². The van der Waals surface area contributed by atoms with Crippen LogP contribution in [-0.4, -0.2) is 18.3 Å². The van der Waals surface area contributed by atoms with Crippen LogP contribution in [0.25, 0.3) is 6.08 Å². The zero-order chi connectivity index (χ0) is 20.2. The SMILES string of the molecule is COc1ccc2c(c1)CC[C@@H]1[C@@H]2CC[C@]2(C)[C@H](O)/C(=C/c3ccc(F)cc3)C[C@H]12. The number of aliphatic hydroxyl groups is 1. The van der Waals surface area contributed by atoms with Gasteiger partial charge >= 0.3 is 0 Å². The summed E-state index contributed by atoms with van der Waals surface area (Å²) >= 11 is 0. The highest BCUT2D eigenvalue weighted by Crippen LogP contribution is 2.62. The fourth-order valence-corrected chi connectivity index (χ4v) is 6.46. The van der Waals surface area contributed by atoms with E-state index in [1.807, 2.05) is 0 Å². The topological polar surface area (TPSA) is 29.5 Å². The van der Waals surface area contributed by atoms with Gasteiger partial charge in [0.2, 0.25) is 0 Å². The molecule has 2 aromatic carbocycles. The normalized spacial score (nSPS) is 34.4. The molecule has 3 heteroatoms. The first-order chi connectivity index (χ1) is 14.0. The standard InChI is InChI=1S/C26H29FO2/c1-26-12-11-22-21-10-8-20(29-2)14-17(21)5-9-23(22)24(26)15-18(25(26)28)13-16-3-6-19(27)7-4-16/h3-4,6-8,10,13-14,22-25,28H,5,9,11-12,15H2,1-2H3/b18-13+/t22-,23-,24-,25-,26+/m1/s1. The summed E-state index contributed by atoms with van der Waals surface area (Å²) < 4.78 is 18.7. The minimum Gasteiger partial charge on any atom is -0.497 e. The van der Waals surface area contributed by atoms with Gasteiger partial charge in [0.25, 0.3) is 0 Å². The number of hydrogen-bond donors (Lipinski definition) is 1. The van der Waals surface area contributed by atoms with Crippen LogP contribution in [0.1, 0.15) is 55.2 Å². The third kappa shape index (κ3) is 3.02. The molecule has 3 aliphatic rings. The number of benzene rings is 2. The first kappa shape index (κ1) is 18.9. The summed E-state index contributed by atoms with van der Waals surface area (Å²) in [6.07, 6.45) is 7.08.